The third-order valence-electron chi connectivity index (χ3n) is 2.17. The van der Waals surface area contributed by atoms with Crippen LogP contribution in [-0.4, -0.2) is 7.11 Å². The Labute approximate surface area is 86.4 Å². The van der Waals surface area contributed by atoms with Crippen molar-refractivity contribution in [1.29, 1.82) is 0 Å². The predicted octanol–water partition coefficient (Wildman–Crippen LogP) is 3.60. The van der Waals surface area contributed by atoms with Crippen LogP contribution in [0.25, 0.3) is 6.08 Å². The minimum Gasteiger partial charge on any atom is -0.504 e. The zero-order valence-electron chi connectivity index (χ0n) is 9.37. The Bertz CT molecular complexity index is 301. The Balaban J connectivity index is 2.84. The van der Waals surface area contributed by atoms with Crippen LogP contribution in [0.1, 0.15) is 31.9 Å². The summed E-state index contributed by atoms with van der Waals surface area (Å²) in [5.41, 5.74) is 2.75. The van der Waals surface area contributed by atoms with Gasteiger partial charge in [0.1, 0.15) is 0 Å². The fourth-order valence-corrected chi connectivity index (χ4v) is 1.24. The number of benzene rings is 1. The van der Waals surface area contributed by atoms with Gasteiger partial charge in [0.15, 0.2) is 0 Å². The zero-order chi connectivity index (χ0) is 10.6. The van der Waals surface area contributed by atoms with Crippen molar-refractivity contribution in [2.45, 2.75) is 26.2 Å². The Morgan fingerprint density at radius 1 is 1.07 bits per heavy atom. The van der Waals surface area contributed by atoms with Gasteiger partial charge in [-0.25, -0.2) is 0 Å². The quantitative estimate of drug-likeness (QED) is 0.647. The van der Waals surface area contributed by atoms with Gasteiger partial charge in [0.05, 0.1) is 13.4 Å². The minimum atomic E-state index is 0.226. The second kappa shape index (κ2) is 4.32. The van der Waals surface area contributed by atoms with Crippen LogP contribution < -0.4 is 0 Å². The van der Waals surface area contributed by atoms with Gasteiger partial charge in [-0.2, -0.15) is 0 Å². The maximum atomic E-state index is 4.86. The van der Waals surface area contributed by atoms with Gasteiger partial charge in [-0.15, -0.1) is 0 Å². The lowest BCUT2D eigenvalue weighted by molar-refractivity contribution is 0.341. The van der Waals surface area contributed by atoms with E-state index in [1.807, 2.05) is 6.08 Å². The van der Waals surface area contributed by atoms with Crippen LogP contribution in [0.3, 0.4) is 0 Å². The first-order valence-corrected chi connectivity index (χ1v) is 4.84. The third kappa shape index (κ3) is 2.91. The second-order valence-electron chi connectivity index (χ2n) is 4.41. The second-order valence-corrected chi connectivity index (χ2v) is 4.41. The molecular weight excluding hydrogens is 172 g/mol. The highest BCUT2D eigenvalue weighted by Gasteiger charge is 2.12. The number of rotatable bonds is 2. The van der Waals surface area contributed by atoms with E-state index in [4.69, 9.17) is 4.74 Å². The van der Waals surface area contributed by atoms with E-state index < -0.39 is 0 Å². The molecule has 0 saturated heterocycles. The van der Waals surface area contributed by atoms with Crippen molar-refractivity contribution in [3.05, 3.63) is 41.7 Å². The van der Waals surface area contributed by atoms with Gasteiger partial charge in [0.2, 0.25) is 0 Å². The lowest BCUT2D eigenvalue weighted by Crippen LogP contribution is -2.10. The molecule has 0 aliphatic rings. The fraction of sp³-hybridized carbons (Fsp3) is 0.385. The standard InChI is InChI=1S/C13H18O/c1-13(2,3)12-7-5-11(6-8-12)9-10-14-4/h5-10H,1-4H3/b10-9-. The van der Waals surface area contributed by atoms with E-state index in [0.717, 1.165) is 0 Å². The SMILES string of the molecule is CO/C=C\c1ccc(C(C)(C)C)cc1. The van der Waals surface area contributed by atoms with Crippen molar-refractivity contribution in [2.75, 3.05) is 7.11 Å². The summed E-state index contributed by atoms with van der Waals surface area (Å²) >= 11 is 0. The highest BCUT2D eigenvalue weighted by molar-refractivity contribution is 5.49. The molecule has 0 fully saturated rings. The molecule has 0 spiro atoms. The highest BCUT2D eigenvalue weighted by atomic mass is 16.5. The summed E-state index contributed by atoms with van der Waals surface area (Å²) < 4.78 is 4.86. The summed E-state index contributed by atoms with van der Waals surface area (Å²) in [6, 6.07) is 8.54. The first kappa shape index (κ1) is 10.8. The van der Waals surface area contributed by atoms with Crippen molar-refractivity contribution < 1.29 is 4.74 Å². The number of ether oxygens (including phenoxy) is 1. The Morgan fingerprint density at radius 3 is 2.07 bits per heavy atom. The van der Waals surface area contributed by atoms with Crippen molar-refractivity contribution in [3.8, 4) is 0 Å². The average Bonchev–Trinajstić information content (AvgIpc) is 2.14. The van der Waals surface area contributed by atoms with Gasteiger partial charge in [-0.3, -0.25) is 0 Å². The molecule has 1 aromatic rings. The van der Waals surface area contributed by atoms with E-state index in [0.29, 0.717) is 0 Å². The summed E-state index contributed by atoms with van der Waals surface area (Å²) in [5, 5.41) is 0. The molecule has 0 aliphatic heterocycles. The molecule has 0 N–H and O–H groups in total. The van der Waals surface area contributed by atoms with Crippen molar-refractivity contribution in [3.63, 3.8) is 0 Å². The Hall–Kier alpha value is -1.24. The van der Waals surface area contributed by atoms with Crippen LogP contribution in [0.15, 0.2) is 30.5 Å². The lowest BCUT2D eigenvalue weighted by atomic mass is 9.87. The van der Waals surface area contributed by atoms with Crippen LogP contribution in [0.4, 0.5) is 0 Å². The molecule has 0 unspecified atom stereocenters. The molecule has 0 atom stereocenters. The molecule has 0 aliphatic carbocycles. The van der Waals surface area contributed by atoms with Crippen molar-refractivity contribution in [1.82, 2.24) is 0 Å². The first-order chi connectivity index (χ1) is 6.54. The Morgan fingerprint density at radius 2 is 1.64 bits per heavy atom. The smallest absolute Gasteiger partial charge is 0.0830 e. The average molecular weight is 190 g/mol. The van der Waals surface area contributed by atoms with Gasteiger partial charge < -0.3 is 4.74 Å². The normalized spacial score (nSPS) is 12.0. The first-order valence-electron chi connectivity index (χ1n) is 4.84. The molecule has 76 valence electrons. The largest absolute Gasteiger partial charge is 0.504 e. The number of hydrogen-bond donors (Lipinski definition) is 0. The molecule has 0 amide bonds. The molecule has 1 rings (SSSR count). The van der Waals surface area contributed by atoms with Crippen LogP contribution in [0, 0.1) is 0 Å². The van der Waals surface area contributed by atoms with Crippen molar-refractivity contribution >= 4 is 6.08 Å². The third-order valence-corrected chi connectivity index (χ3v) is 2.17. The van der Waals surface area contributed by atoms with E-state index in [2.05, 4.69) is 45.0 Å². The molecule has 1 heteroatoms. The molecule has 1 aromatic carbocycles. The van der Waals surface area contributed by atoms with E-state index >= 15 is 0 Å². The molecule has 0 aromatic heterocycles. The van der Waals surface area contributed by atoms with E-state index in [1.165, 1.54) is 11.1 Å². The summed E-state index contributed by atoms with van der Waals surface area (Å²) in [4.78, 5) is 0. The summed E-state index contributed by atoms with van der Waals surface area (Å²) in [6.45, 7) is 6.65. The fourth-order valence-electron chi connectivity index (χ4n) is 1.24. The van der Waals surface area contributed by atoms with Gasteiger partial charge in [-0.1, -0.05) is 45.0 Å². The molecule has 0 heterocycles. The maximum absolute atomic E-state index is 4.86. The summed E-state index contributed by atoms with van der Waals surface area (Å²) in [5.74, 6) is 0. The van der Waals surface area contributed by atoms with Crippen LogP contribution in [0.2, 0.25) is 0 Å². The summed E-state index contributed by atoms with van der Waals surface area (Å²) in [7, 11) is 1.65. The molecule has 1 nitrogen and oxygen atoms in total. The van der Waals surface area contributed by atoms with Gasteiger partial charge in [0, 0.05) is 0 Å². The van der Waals surface area contributed by atoms with Gasteiger partial charge in [0.25, 0.3) is 0 Å². The van der Waals surface area contributed by atoms with Crippen LogP contribution in [0.5, 0.6) is 0 Å². The van der Waals surface area contributed by atoms with Crippen LogP contribution >= 0.6 is 0 Å². The molecule has 0 radical (unpaired) electrons. The van der Waals surface area contributed by atoms with E-state index in [1.54, 1.807) is 13.4 Å². The molecular formula is C13H18O. The summed E-state index contributed by atoms with van der Waals surface area (Å²) in [6.07, 6.45) is 3.64. The van der Waals surface area contributed by atoms with Crippen molar-refractivity contribution in [2.24, 2.45) is 0 Å². The Kier molecular flexibility index (Phi) is 3.34. The van der Waals surface area contributed by atoms with E-state index in [9.17, 15) is 0 Å². The maximum Gasteiger partial charge on any atom is 0.0830 e. The predicted molar refractivity (Wildman–Crippen MR) is 61.2 cm³/mol. The number of methoxy groups -OCH3 is 1. The molecule has 14 heavy (non-hydrogen) atoms. The molecule has 0 saturated carbocycles. The lowest BCUT2D eigenvalue weighted by Gasteiger charge is -2.18. The zero-order valence-corrected chi connectivity index (χ0v) is 9.37. The topological polar surface area (TPSA) is 9.23 Å². The number of hydrogen-bond acceptors (Lipinski definition) is 1. The monoisotopic (exact) mass is 190 g/mol. The van der Waals surface area contributed by atoms with Crippen LogP contribution in [-0.2, 0) is 10.2 Å². The minimum absolute atomic E-state index is 0.226. The highest BCUT2D eigenvalue weighted by Crippen LogP contribution is 2.22. The van der Waals surface area contributed by atoms with Gasteiger partial charge >= 0.3 is 0 Å². The molecule has 0 bridgehead atoms. The van der Waals surface area contributed by atoms with E-state index in [-0.39, 0.29) is 5.41 Å². The van der Waals surface area contributed by atoms with Gasteiger partial charge in [-0.05, 0) is 22.6 Å².